The van der Waals surface area contributed by atoms with Gasteiger partial charge in [-0.15, -0.1) is 0 Å². The normalized spacial score (nSPS) is 14.3. The fourth-order valence-corrected chi connectivity index (χ4v) is 3.41. The Hall–Kier alpha value is -3.11. The Balaban J connectivity index is 1.88. The summed E-state index contributed by atoms with van der Waals surface area (Å²) in [6.45, 7) is 2.45. The maximum Gasteiger partial charge on any atom is 0.264 e. The van der Waals surface area contributed by atoms with Crippen molar-refractivity contribution in [1.29, 1.82) is 5.26 Å². The summed E-state index contributed by atoms with van der Waals surface area (Å²) >= 11 is 0. The highest BCUT2D eigenvalue weighted by Crippen LogP contribution is 2.24. The summed E-state index contributed by atoms with van der Waals surface area (Å²) in [4.78, 5) is 26.5. The van der Waals surface area contributed by atoms with E-state index < -0.39 is 0 Å². The molecule has 2 amide bonds. The molecule has 0 atom stereocenters. The lowest BCUT2D eigenvalue weighted by Crippen LogP contribution is -2.30. The Morgan fingerprint density at radius 2 is 2.04 bits per heavy atom. The van der Waals surface area contributed by atoms with Crippen molar-refractivity contribution in [2.45, 2.75) is 19.4 Å². The predicted octanol–water partition coefficient (Wildman–Crippen LogP) is 1.93. The molecular formula is C21H24N4O3. The Kier molecular flexibility index (Phi) is 6.45. The number of fused-ring (bicyclic) bond motifs is 1. The number of amides is 2. The lowest BCUT2D eigenvalue weighted by Gasteiger charge is -2.13. The van der Waals surface area contributed by atoms with Gasteiger partial charge in [0.2, 0.25) is 5.91 Å². The number of rotatable bonds is 7. The van der Waals surface area contributed by atoms with Crippen LogP contribution < -0.4 is 5.32 Å². The Morgan fingerprint density at radius 3 is 2.75 bits per heavy atom. The summed E-state index contributed by atoms with van der Waals surface area (Å²) in [5.74, 6) is -0.351. The number of aromatic nitrogens is 1. The van der Waals surface area contributed by atoms with Gasteiger partial charge in [0.05, 0.1) is 6.61 Å². The average Bonchev–Trinajstić information content (AvgIpc) is 3.35. The van der Waals surface area contributed by atoms with E-state index in [9.17, 15) is 14.9 Å². The second-order valence-corrected chi connectivity index (χ2v) is 6.74. The number of carbonyl (C=O) groups excluding carboxylic acids is 2. The summed E-state index contributed by atoms with van der Waals surface area (Å²) in [6, 6.07) is 9.69. The molecule has 0 unspecified atom stereocenters. The molecular weight excluding hydrogens is 356 g/mol. The van der Waals surface area contributed by atoms with E-state index >= 15 is 0 Å². The van der Waals surface area contributed by atoms with Gasteiger partial charge in [-0.25, -0.2) is 0 Å². The molecule has 0 bridgehead atoms. The number of methoxy groups -OCH3 is 1. The molecule has 7 nitrogen and oxygen atoms in total. The van der Waals surface area contributed by atoms with Gasteiger partial charge < -0.3 is 19.5 Å². The summed E-state index contributed by atoms with van der Waals surface area (Å²) < 4.78 is 6.77. The number of nitrogens with one attached hydrogen (secondary N) is 1. The van der Waals surface area contributed by atoms with E-state index in [0.29, 0.717) is 26.2 Å². The highest BCUT2D eigenvalue weighted by atomic mass is 16.5. The van der Waals surface area contributed by atoms with Crippen LogP contribution >= 0.6 is 0 Å². The zero-order valence-electron chi connectivity index (χ0n) is 16.0. The number of benzene rings is 1. The first-order valence-electron chi connectivity index (χ1n) is 9.38. The maximum absolute atomic E-state index is 12.6. The van der Waals surface area contributed by atoms with Crippen LogP contribution in [0.1, 0.15) is 18.4 Å². The monoisotopic (exact) mass is 380 g/mol. The summed E-state index contributed by atoms with van der Waals surface area (Å²) in [6.07, 6.45) is 5.39. The van der Waals surface area contributed by atoms with Gasteiger partial charge in [-0.2, -0.15) is 5.26 Å². The molecule has 1 N–H and O–H groups in total. The topological polar surface area (TPSA) is 87.4 Å². The molecule has 2 heterocycles. The largest absolute Gasteiger partial charge is 0.383 e. The molecule has 1 aliphatic rings. The third kappa shape index (κ3) is 4.41. The van der Waals surface area contributed by atoms with Crippen molar-refractivity contribution in [3.8, 4) is 6.07 Å². The molecule has 1 aromatic heterocycles. The number of ether oxygens (including phenoxy) is 1. The number of hydrogen-bond acceptors (Lipinski definition) is 4. The van der Waals surface area contributed by atoms with Crippen molar-refractivity contribution in [3.05, 3.63) is 41.6 Å². The number of likely N-dealkylation sites (tertiary alicyclic amines) is 1. The number of nitriles is 1. The molecule has 28 heavy (non-hydrogen) atoms. The lowest BCUT2D eigenvalue weighted by molar-refractivity contribution is -0.125. The molecule has 0 saturated carbocycles. The van der Waals surface area contributed by atoms with Crippen LogP contribution in [-0.2, 0) is 20.9 Å². The van der Waals surface area contributed by atoms with E-state index in [1.165, 1.54) is 0 Å². The molecule has 7 heteroatoms. The Bertz CT molecular complexity index is 933. The van der Waals surface area contributed by atoms with Gasteiger partial charge >= 0.3 is 0 Å². The standard InChI is InChI=1S/C21H24N4O3/c1-28-11-8-23-20(26)15-25-14-17(18-6-2-3-7-19(18)25)12-16(13-22)21(27)24-9-4-5-10-24/h2-3,6-7,12,14H,4-5,8-11,15H2,1H3,(H,23,26). The smallest absolute Gasteiger partial charge is 0.264 e. The zero-order valence-corrected chi connectivity index (χ0v) is 16.0. The minimum absolute atomic E-state index is 0.120. The van der Waals surface area contributed by atoms with Gasteiger partial charge in [-0.1, -0.05) is 18.2 Å². The third-order valence-electron chi connectivity index (χ3n) is 4.81. The van der Waals surface area contributed by atoms with Gasteiger partial charge in [-0.05, 0) is 25.0 Å². The fraction of sp³-hybridized carbons (Fsp3) is 0.381. The second kappa shape index (κ2) is 9.20. The van der Waals surface area contributed by atoms with Crippen molar-refractivity contribution in [2.75, 3.05) is 33.4 Å². The van der Waals surface area contributed by atoms with Crippen molar-refractivity contribution in [3.63, 3.8) is 0 Å². The van der Waals surface area contributed by atoms with Crippen LogP contribution in [0.5, 0.6) is 0 Å². The van der Waals surface area contributed by atoms with Gasteiger partial charge in [0.25, 0.3) is 5.91 Å². The molecule has 0 spiro atoms. The molecule has 1 fully saturated rings. The Morgan fingerprint density at radius 1 is 1.29 bits per heavy atom. The van der Waals surface area contributed by atoms with Crippen molar-refractivity contribution in [1.82, 2.24) is 14.8 Å². The Labute approximate surface area is 164 Å². The molecule has 146 valence electrons. The van der Waals surface area contributed by atoms with Crippen LogP contribution in [-0.4, -0.2) is 54.6 Å². The quantitative estimate of drug-likeness (QED) is 0.452. The van der Waals surface area contributed by atoms with Crippen LogP contribution in [0.3, 0.4) is 0 Å². The molecule has 1 aliphatic heterocycles. The number of hydrogen-bond donors (Lipinski definition) is 1. The molecule has 3 rings (SSSR count). The molecule has 2 aromatic rings. The number of para-hydroxylation sites is 1. The van der Waals surface area contributed by atoms with Crippen molar-refractivity contribution >= 4 is 28.8 Å². The first kappa shape index (κ1) is 19.6. The van der Waals surface area contributed by atoms with E-state index in [1.54, 1.807) is 18.1 Å². The van der Waals surface area contributed by atoms with Gasteiger partial charge in [-0.3, -0.25) is 9.59 Å². The SMILES string of the molecule is COCCNC(=O)Cn1cc(C=C(C#N)C(=O)N2CCCC2)c2ccccc21. The van der Waals surface area contributed by atoms with Crippen LogP contribution in [0.15, 0.2) is 36.0 Å². The summed E-state index contributed by atoms with van der Waals surface area (Å²) in [5, 5.41) is 13.2. The van der Waals surface area contributed by atoms with E-state index in [1.807, 2.05) is 41.1 Å². The minimum atomic E-state index is -0.228. The second-order valence-electron chi connectivity index (χ2n) is 6.74. The zero-order chi connectivity index (χ0) is 19.9. The predicted molar refractivity (Wildman–Crippen MR) is 106 cm³/mol. The molecule has 1 saturated heterocycles. The summed E-state index contributed by atoms with van der Waals surface area (Å²) in [5.41, 5.74) is 1.75. The highest BCUT2D eigenvalue weighted by Gasteiger charge is 2.22. The minimum Gasteiger partial charge on any atom is -0.383 e. The van der Waals surface area contributed by atoms with Gasteiger partial charge in [0, 0.05) is 49.4 Å². The van der Waals surface area contributed by atoms with E-state index in [2.05, 4.69) is 5.32 Å². The number of nitrogens with zero attached hydrogens (tertiary/aromatic N) is 3. The van der Waals surface area contributed by atoms with E-state index in [4.69, 9.17) is 4.74 Å². The first-order chi connectivity index (χ1) is 13.6. The maximum atomic E-state index is 12.6. The van der Waals surface area contributed by atoms with Crippen LogP contribution in [0.4, 0.5) is 0 Å². The van der Waals surface area contributed by atoms with Crippen molar-refractivity contribution < 1.29 is 14.3 Å². The average molecular weight is 380 g/mol. The van der Waals surface area contributed by atoms with Gasteiger partial charge in [0.15, 0.2) is 0 Å². The molecule has 0 radical (unpaired) electrons. The van der Waals surface area contributed by atoms with Crippen LogP contribution in [0, 0.1) is 11.3 Å². The lowest BCUT2D eigenvalue weighted by atomic mass is 10.1. The van der Waals surface area contributed by atoms with Gasteiger partial charge in [0.1, 0.15) is 18.2 Å². The highest BCUT2D eigenvalue weighted by molar-refractivity contribution is 6.04. The first-order valence-corrected chi connectivity index (χ1v) is 9.38. The van der Waals surface area contributed by atoms with Crippen molar-refractivity contribution in [2.24, 2.45) is 0 Å². The third-order valence-corrected chi connectivity index (χ3v) is 4.81. The van der Waals surface area contributed by atoms with Crippen LogP contribution in [0.2, 0.25) is 0 Å². The van der Waals surface area contributed by atoms with E-state index in [0.717, 1.165) is 29.3 Å². The molecule has 1 aromatic carbocycles. The molecule has 0 aliphatic carbocycles. The fourth-order valence-electron chi connectivity index (χ4n) is 3.41. The summed E-state index contributed by atoms with van der Waals surface area (Å²) in [7, 11) is 1.58. The van der Waals surface area contributed by atoms with Crippen LogP contribution in [0.25, 0.3) is 17.0 Å². The number of carbonyl (C=O) groups is 2. The van der Waals surface area contributed by atoms with E-state index in [-0.39, 0.29) is 23.9 Å².